The molecule has 1 aromatic carbocycles. The number of carboxylic acids is 1. The summed E-state index contributed by atoms with van der Waals surface area (Å²) in [6, 6.07) is 7.10. The molecular formula is C12H8ClFN2O2. The number of hydrogen-bond acceptors (Lipinski definition) is 3. The monoisotopic (exact) mass is 266 g/mol. The fourth-order valence-electron chi connectivity index (χ4n) is 1.34. The van der Waals surface area contributed by atoms with Gasteiger partial charge in [-0.15, -0.1) is 0 Å². The minimum Gasteiger partial charge on any atom is -0.478 e. The number of hydrogen-bond donors (Lipinski definition) is 2. The predicted octanol–water partition coefficient (Wildman–Crippen LogP) is 3.32. The molecule has 2 N–H and O–H groups in total. The molecule has 0 aliphatic rings. The Morgan fingerprint density at radius 3 is 2.67 bits per heavy atom. The number of nitrogens with zero attached hydrogens (tertiary/aromatic N) is 1. The Morgan fingerprint density at radius 1 is 1.33 bits per heavy atom. The molecule has 0 aliphatic heterocycles. The molecule has 2 rings (SSSR count). The first-order valence-electron chi connectivity index (χ1n) is 4.98. The maximum atomic E-state index is 13.5. The topological polar surface area (TPSA) is 62.2 Å². The highest BCUT2D eigenvalue weighted by Gasteiger charge is 2.08. The van der Waals surface area contributed by atoms with Gasteiger partial charge in [0, 0.05) is 6.20 Å². The van der Waals surface area contributed by atoms with Crippen LogP contribution in [0.5, 0.6) is 0 Å². The summed E-state index contributed by atoms with van der Waals surface area (Å²) < 4.78 is 13.5. The molecule has 0 bridgehead atoms. The van der Waals surface area contributed by atoms with Gasteiger partial charge in [-0.25, -0.2) is 14.2 Å². The quantitative estimate of drug-likeness (QED) is 0.895. The Balaban J connectivity index is 2.26. The van der Waals surface area contributed by atoms with Crippen molar-refractivity contribution in [1.82, 2.24) is 4.98 Å². The number of benzene rings is 1. The summed E-state index contributed by atoms with van der Waals surface area (Å²) in [4.78, 5) is 14.5. The van der Waals surface area contributed by atoms with E-state index in [0.717, 1.165) is 0 Å². The Morgan fingerprint density at radius 2 is 2.11 bits per heavy atom. The third kappa shape index (κ3) is 2.57. The lowest BCUT2D eigenvalue weighted by Gasteiger charge is -2.08. The van der Waals surface area contributed by atoms with Crippen molar-refractivity contribution in [3.63, 3.8) is 0 Å². The van der Waals surface area contributed by atoms with Gasteiger partial charge in [-0.2, -0.15) is 0 Å². The van der Waals surface area contributed by atoms with Crippen LogP contribution in [0.3, 0.4) is 0 Å². The summed E-state index contributed by atoms with van der Waals surface area (Å²) in [5.74, 6) is -1.27. The zero-order chi connectivity index (χ0) is 13.1. The molecule has 0 fully saturated rings. The van der Waals surface area contributed by atoms with Crippen LogP contribution in [0.1, 0.15) is 10.4 Å². The molecule has 92 valence electrons. The van der Waals surface area contributed by atoms with E-state index in [1.165, 1.54) is 30.5 Å². The highest BCUT2D eigenvalue weighted by atomic mass is 35.5. The lowest BCUT2D eigenvalue weighted by Crippen LogP contribution is -2.00. The molecule has 4 nitrogen and oxygen atoms in total. The first-order chi connectivity index (χ1) is 8.58. The standard InChI is InChI=1S/C12H8ClFN2O2/c13-8-2-1-3-9(14)11(8)16-10-5-4-7(6-15-10)12(17)18/h1-6H,(H,15,16)(H,17,18). The second-order valence-corrected chi connectivity index (χ2v) is 3.87. The Hall–Kier alpha value is -2.14. The fraction of sp³-hybridized carbons (Fsp3) is 0. The zero-order valence-corrected chi connectivity index (χ0v) is 9.78. The van der Waals surface area contributed by atoms with Gasteiger partial charge in [-0.1, -0.05) is 17.7 Å². The number of nitrogens with one attached hydrogen (secondary N) is 1. The SMILES string of the molecule is O=C(O)c1ccc(Nc2c(F)cccc2Cl)nc1. The summed E-state index contributed by atoms with van der Waals surface area (Å²) >= 11 is 5.84. The molecule has 0 spiro atoms. The molecule has 1 aromatic heterocycles. The van der Waals surface area contributed by atoms with Crippen molar-refractivity contribution in [2.24, 2.45) is 0 Å². The van der Waals surface area contributed by atoms with Crippen LogP contribution >= 0.6 is 11.6 Å². The number of anilines is 2. The van der Waals surface area contributed by atoms with Crippen LogP contribution in [0.2, 0.25) is 5.02 Å². The second kappa shape index (κ2) is 5.01. The van der Waals surface area contributed by atoms with Crippen LogP contribution in [0.15, 0.2) is 36.5 Å². The average molecular weight is 267 g/mol. The number of carbonyl (C=O) groups is 1. The molecule has 6 heteroatoms. The first kappa shape index (κ1) is 12.3. The van der Waals surface area contributed by atoms with Gasteiger partial charge in [0.15, 0.2) is 0 Å². The molecule has 0 saturated heterocycles. The molecule has 0 amide bonds. The Labute approximate surface area is 107 Å². The van der Waals surface area contributed by atoms with Crippen molar-refractivity contribution in [2.45, 2.75) is 0 Å². The van der Waals surface area contributed by atoms with Gasteiger partial charge in [-0.05, 0) is 24.3 Å². The van der Waals surface area contributed by atoms with Crippen molar-refractivity contribution in [2.75, 3.05) is 5.32 Å². The second-order valence-electron chi connectivity index (χ2n) is 3.46. The van der Waals surface area contributed by atoms with E-state index in [-0.39, 0.29) is 16.3 Å². The minimum absolute atomic E-state index is 0.0557. The smallest absolute Gasteiger partial charge is 0.337 e. The van der Waals surface area contributed by atoms with Crippen molar-refractivity contribution in [3.8, 4) is 0 Å². The van der Waals surface area contributed by atoms with E-state index in [2.05, 4.69) is 10.3 Å². The van der Waals surface area contributed by atoms with E-state index in [0.29, 0.717) is 5.82 Å². The molecule has 0 atom stereocenters. The summed E-state index contributed by atoms with van der Waals surface area (Å²) in [6.07, 6.45) is 1.18. The van der Waals surface area contributed by atoms with Crippen molar-refractivity contribution in [3.05, 3.63) is 52.9 Å². The van der Waals surface area contributed by atoms with Crippen LogP contribution in [0.4, 0.5) is 15.9 Å². The zero-order valence-electron chi connectivity index (χ0n) is 9.02. The van der Waals surface area contributed by atoms with Gasteiger partial charge in [0.25, 0.3) is 0 Å². The maximum absolute atomic E-state index is 13.5. The fourth-order valence-corrected chi connectivity index (χ4v) is 1.55. The van der Waals surface area contributed by atoms with Crippen LogP contribution in [-0.2, 0) is 0 Å². The van der Waals surface area contributed by atoms with Crippen LogP contribution in [-0.4, -0.2) is 16.1 Å². The number of carboxylic acid groups (broad SMARTS) is 1. The number of rotatable bonds is 3. The van der Waals surface area contributed by atoms with E-state index >= 15 is 0 Å². The highest BCUT2D eigenvalue weighted by molar-refractivity contribution is 6.33. The summed E-state index contributed by atoms with van der Waals surface area (Å²) in [5.41, 5.74) is 0.162. The van der Waals surface area contributed by atoms with Gasteiger partial charge in [-0.3, -0.25) is 0 Å². The number of halogens is 2. The van der Waals surface area contributed by atoms with Crippen LogP contribution in [0, 0.1) is 5.82 Å². The van der Waals surface area contributed by atoms with Crippen LogP contribution in [0.25, 0.3) is 0 Å². The minimum atomic E-state index is -1.07. The van der Waals surface area contributed by atoms with Gasteiger partial charge in [0.2, 0.25) is 0 Å². The third-order valence-electron chi connectivity index (χ3n) is 2.23. The first-order valence-corrected chi connectivity index (χ1v) is 5.36. The molecule has 2 aromatic rings. The van der Waals surface area contributed by atoms with Crippen LogP contribution < -0.4 is 5.32 Å². The Bertz CT molecular complexity index is 567. The normalized spacial score (nSPS) is 10.1. The number of para-hydroxylation sites is 1. The van der Waals surface area contributed by atoms with Gasteiger partial charge in [0.05, 0.1) is 16.3 Å². The predicted molar refractivity (Wildman–Crippen MR) is 65.9 cm³/mol. The molecule has 0 unspecified atom stereocenters. The third-order valence-corrected chi connectivity index (χ3v) is 2.54. The molecule has 0 radical (unpaired) electrons. The van der Waals surface area contributed by atoms with E-state index in [9.17, 15) is 9.18 Å². The lowest BCUT2D eigenvalue weighted by molar-refractivity contribution is 0.0696. The van der Waals surface area contributed by atoms with E-state index in [1.807, 2.05) is 0 Å². The maximum Gasteiger partial charge on any atom is 0.337 e. The van der Waals surface area contributed by atoms with Gasteiger partial charge in [0.1, 0.15) is 11.6 Å². The summed E-state index contributed by atoms with van der Waals surface area (Å²) in [7, 11) is 0. The van der Waals surface area contributed by atoms with E-state index in [4.69, 9.17) is 16.7 Å². The summed E-state index contributed by atoms with van der Waals surface area (Å²) in [6.45, 7) is 0. The van der Waals surface area contributed by atoms with Crippen molar-refractivity contribution in [1.29, 1.82) is 0 Å². The van der Waals surface area contributed by atoms with Crippen molar-refractivity contribution >= 4 is 29.1 Å². The molecular weight excluding hydrogens is 259 g/mol. The van der Waals surface area contributed by atoms with E-state index < -0.39 is 11.8 Å². The molecule has 0 saturated carbocycles. The van der Waals surface area contributed by atoms with Gasteiger partial charge < -0.3 is 10.4 Å². The Kier molecular flexibility index (Phi) is 3.43. The van der Waals surface area contributed by atoms with Crippen molar-refractivity contribution < 1.29 is 14.3 Å². The van der Waals surface area contributed by atoms with Gasteiger partial charge >= 0.3 is 5.97 Å². The largest absolute Gasteiger partial charge is 0.478 e. The average Bonchev–Trinajstić information content (AvgIpc) is 2.34. The molecule has 1 heterocycles. The molecule has 0 aliphatic carbocycles. The number of aromatic carboxylic acids is 1. The molecule has 18 heavy (non-hydrogen) atoms. The number of aromatic nitrogens is 1. The summed E-state index contributed by atoms with van der Waals surface area (Å²) in [5, 5.41) is 11.6. The lowest BCUT2D eigenvalue weighted by atomic mass is 10.2. The van der Waals surface area contributed by atoms with E-state index in [1.54, 1.807) is 6.07 Å². The highest BCUT2D eigenvalue weighted by Crippen LogP contribution is 2.27. The number of pyridine rings is 1.